The minimum atomic E-state index is -0.136. The van der Waals surface area contributed by atoms with Gasteiger partial charge < -0.3 is 19.9 Å². The summed E-state index contributed by atoms with van der Waals surface area (Å²) in [5, 5.41) is 2.98. The fourth-order valence-electron chi connectivity index (χ4n) is 3.66. The first kappa shape index (κ1) is 17.8. The van der Waals surface area contributed by atoms with E-state index in [1.165, 1.54) is 24.9 Å². The third-order valence-electron chi connectivity index (χ3n) is 5.21. The highest BCUT2D eigenvalue weighted by atomic mass is 16.5. The van der Waals surface area contributed by atoms with E-state index < -0.39 is 0 Å². The zero-order valence-corrected chi connectivity index (χ0v) is 15.6. The molecule has 6 nitrogen and oxygen atoms in total. The zero-order chi connectivity index (χ0) is 18.5. The van der Waals surface area contributed by atoms with Gasteiger partial charge in [-0.05, 0) is 49.6 Å². The standard InChI is InChI=1S/C21H26N4O2/c26-21(17-14-20(16-22-15-17)25-10-12-27-13-11-25)23-18-4-6-19(7-5-18)24-8-2-1-3-9-24/h4-7,14-16H,1-3,8-13H2,(H,23,26). The normalized spacial score (nSPS) is 17.6. The number of anilines is 3. The van der Waals surface area contributed by atoms with E-state index in [-0.39, 0.29) is 5.91 Å². The van der Waals surface area contributed by atoms with Gasteiger partial charge in [0.25, 0.3) is 5.91 Å². The maximum absolute atomic E-state index is 12.6. The van der Waals surface area contributed by atoms with Gasteiger partial charge in [-0.3, -0.25) is 9.78 Å². The number of rotatable bonds is 4. The number of aromatic nitrogens is 1. The second-order valence-corrected chi connectivity index (χ2v) is 7.08. The van der Waals surface area contributed by atoms with Crippen LogP contribution < -0.4 is 15.1 Å². The lowest BCUT2D eigenvalue weighted by atomic mass is 10.1. The minimum absolute atomic E-state index is 0.136. The summed E-state index contributed by atoms with van der Waals surface area (Å²) in [7, 11) is 0. The van der Waals surface area contributed by atoms with Crippen molar-refractivity contribution < 1.29 is 9.53 Å². The molecule has 2 aliphatic heterocycles. The maximum atomic E-state index is 12.6. The highest BCUT2D eigenvalue weighted by Gasteiger charge is 2.15. The molecular formula is C21H26N4O2. The summed E-state index contributed by atoms with van der Waals surface area (Å²) >= 11 is 0. The van der Waals surface area contributed by atoms with Crippen LogP contribution in [0, 0.1) is 0 Å². The average Bonchev–Trinajstić information content (AvgIpc) is 2.75. The van der Waals surface area contributed by atoms with Crippen LogP contribution in [0.5, 0.6) is 0 Å². The molecule has 1 aromatic carbocycles. The van der Waals surface area contributed by atoms with E-state index in [1.54, 1.807) is 12.4 Å². The number of hydrogen-bond acceptors (Lipinski definition) is 5. The predicted molar refractivity (Wildman–Crippen MR) is 108 cm³/mol. The number of amides is 1. The van der Waals surface area contributed by atoms with Crippen LogP contribution in [0.3, 0.4) is 0 Å². The largest absolute Gasteiger partial charge is 0.378 e. The number of nitrogens with zero attached hydrogens (tertiary/aromatic N) is 3. The number of pyridine rings is 1. The first-order valence-electron chi connectivity index (χ1n) is 9.74. The maximum Gasteiger partial charge on any atom is 0.257 e. The van der Waals surface area contributed by atoms with Crippen LogP contribution in [-0.4, -0.2) is 50.3 Å². The summed E-state index contributed by atoms with van der Waals surface area (Å²) in [5.74, 6) is -0.136. The highest BCUT2D eigenvalue weighted by molar-refractivity contribution is 6.04. The van der Waals surface area contributed by atoms with Crippen LogP contribution >= 0.6 is 0 Å². The van der Waals surface area contributed by atoms with E-state index in [4.69, 9.17) is 4.74 Å². The Morgan fingerprint density at radius 3 is 2.33 bits per heavy atom. The van der Waals surface area contributed by atoms with Crippen molar-refractivity contribution in [1.29, 1.82) is 0 Å². The molecule has 0 spiro atoms. The van der Waals surface area contributed by atoms with E-state index in [0.29, 0.717) is 18.8 Å². The molecule has 1 aromatic heterocycles. The van der Waals surface area contributed by atoms with E-state index >= 15 is 0 Å². The quantitative estimate of drug-likeness (QED) is 0.901. The number of piperidine rings is 1. The molecule has 0 bridgehead atoms. The molecule has 0 unspecified atom stereocenters. The Labute approximate surface area is 160 Å². The summed E-state index contributed by atoms with van der Waals surface area (Å²) < 4.78 is 5.39. The molecule has 2 fully saturated rings. The molecule has 0 saturated carbocycles. The smallest absolute Gasteiger partial charge is 0.257 e. The van der Waals surface area contributed by atoms with Crippen LogP contribution in [0.25, 0.3) is 0 Å². The van der Waals surface area contributed by atoms with Gasteiger partial charge in [-0.15, -0.1) is 0 Å². The Bertz CT molecular complexity index is 766. The molecule has 0 atom stereocenters. The minimum Gasteiger partial charge on any atom is -0.378 e. The average molecular weight is 366 g/mol. The summed E-state index contributed by atoms with van der Waals surface area (Å²) in [6.07, 6.45) is 7.25. The van der Waals surface area contributed by atoms with Gasteiger partial charge in [0.05, 0.1) is 30.7 Å². The highest BCUT2D eigenvalue weighted by Crippen LogP contribution is 2.22. The predicted octanol–water partition coefficient (Wildman–Crippen LogP) is 3.16. The molecule has 142 valence electrons. The third-order valence-corrected chi connectivity index (χ3v) is 5.21. The van der Waals surface area contributed by atoms with Gasteiger partial charge in [0, 0.05) is 43.8 Å². The number of hydrogen-bond donors (Lipinski definition) is 1. The lowest BCUT2D eigenvalue weighted by Crippen LogP contribution is -2.36. The molecule has 0 aliphatic carbocycles. The number of ether oxygens (including phenoxy) is 1. The topological polar surface area (TPSA) is 57.7 Å². The van der Waals surface area contributed by atoms with Gasteiger partial charge in [-0.2, -0.15) is 0 Å². The Morgan fingerprint density at radius 2 is 1.59 bits per heavy atom. The summed E-state index contributed by atoms with van der Waals surface area (Å²) in [6.45, 7) is 5.30. The number of carbonyl (C=O) groups is 1. The van der Waals surface area contributed by atoms with Crippen molar-refractivity contribution in [2.24, 2.45) is 0 Å². The van der Waals surface area contributed by atoms with Gasteiger partial charge >= 0.3 is 0 Å². The van der Waals surface area contributed by atoms with Gasteiger partial charge in [0.1, 0.15) is 0 Å². The van der Waals surface area contributed by atoms with Crippen LogP contribution in [-0.2, 0) is 4.74 Å². The van der Waals surface area contributed by atoms with Crippen molar-refractivity contribution in [3.8, 4) is 0 Å². The van der Waals surface area contributed by atoms with Gasteiger partial charge in [0.15, 0.2) is 0 Å². The summed E-state index contributed by atoms with van der Waals surface area (Å²) in [4.78, 5) is 21.5. The van der Waals surface area contributed by atoms with Gasteiger partial charge in [-0.1, -0.05) is 0 Å². The van der Waals surface area contributed by atoms with Crippen molar-refractivity contribution in [2.75, 3.05) is 54.5 Å². The Hall–Kier alpha value is -2.60. The molecule has 2 saturated heterocycles. The van der Waals surface area contributed by atoms with Crippen molar-refractivity contribution >= 4 is 23.0 Å². The molecule has 4 rings (SSSR count). The first-order chi connectivity index (χ1) is 13.3. The van der Waals surface area contributed by atoms with Crippen molar-refractivity contribution in [1.82, 2.24) is 4.98 Å². The SMILES string of the molecule is O=C(Nc1ccc(N2CCCCC2)cc1)c1cncc(N2CCOCC2)c1. The molecule has 2 aromatic rings. The van der Waals surface area contributed by atoms with E-state index in [0.717, 1.165) is 37.6 Å². The molecule has 2 aliphatic rings. The lowest BCUT2D eigenvalue weighted by Gasteiger charge is -2.29. The molecule has 3 heterocycles. The fourth-order valence-corrected chi connectivity index (χ4v) is 3.66. The number of benzene rings is 1. The fraction of sp³-hybridized carbons (Fsp3) is 0.429. The molecule has 1 amide bonds. The third kappa shape index (κ3) is 4.39. The molecule has 1 N–H and O–H groups in total. The van der Waals surface area contributed by atoms with Crippen LogP contribution in [0.2, 0.25) is 0 Å². The first-order valence-corrected chi connectivity index (χ1v) is 9.74. The van der Waals surface area contributed by atoms with E-state index in [1.807, 2.05) is 18.2 Å². The van der Waals surface area contributed by atoms with Crippen LogP contribution in [0.1, 0.15) is 29.6 Å². The molecule has 0 radical (unpaired) electrons. The number of morpholine rings is 1. The number of carbonyl (C=O) groups excluding carboxylic acids is 1. The summed E-state index contributed by atoms with van der Waals surface area (Å²) in [6, 6.07) is 10.0. The van der Waals surface area contributed by atoms with E-state index in [9.17, 15) is 4.79 Å². The van der Waals surface area contributed by atoms with Crippen molar-refractivity contribution in [3.63, 3.8) is 0 Å². The number of nitrogens with one attached hydrogen (secondary N) is 1. The van der Waals surface area contributed by atoms with E-state index in [2.05, 4.69) is 32.2 Å². The van der Waals surface area contributed by atoms with Crippen LogP contribution in [0.15, 0.2) is 42.7 Å². The van der Waals surface area contributed by atoms with Gasteiger partial charge in [-0.25, -0.2) is 0 Å². The van der Waals surface area contributed by atoms with Crippen molar-refractivity contribution in [2.45, 2.75) is 19.3 Å². The van der Waals surface area contributed by atoms with Crippen molar-refractivity contribution in [3.05, 3.63) is 48.3 Å². The Kier molecular flexibility index (Phi) is 5.53. The molecular weight excluding hydrogens is 340 g/mol. The van der Waals surface area contributed by atoms with Crippen LogP contribution in [0.4, 0.5) is 17.1 Å². The Balaban J connectivity index is 1.41. The molecule has 27 heavy (non-hydrogen) atoms. The monoisotopic (exact) mass is 366 g/mol. The second-order valence-electron chi connectivity index (χ2n) is 7.08. The second kappa shape index (κ2) is 8.39. The zero-order valence-electron chi connectivity index (χ0n) is 15.6. The Morgan fingerprint density at radius 1 is 0.889 bits per heavy atom. The molecule has 6 heteroatoms. The summed E-state index contributed by atoms with van der Waals surface area (Å²) in [5.41, 5.74) is 3.56. The lowest BCUT2D eigenvalue weighted by molar-refractivity contribution is 0.102. The van der Waals surface area contributed by atoms with Gasteiger partial charge in [0.2, 0.25) is 0 Å².